The van der Waals surface area contributed by atoms with E-state index in [-0.39, 0.29) is 5.91 Å². The lowest BCUT2D eigenvalue weighted by atomic mass is 10.0. The number of hydrogen-bond donors (Lipinski definition) is 1. The van der Waals surface area contributed by atoms with Crippen LogP contribution in [-0.2, 0) is 4.79 Å². The summed E-state index contributed by atoms with van der Waals surface area (Å²) in [5.41, 5.74) is 3.35. The van der Waals surface area contributed by atoms with E-state index in [0.29, 0.717) is 11.6 Å². The molecule has 1 N–H and O–H groups in total. The predicted molar refractivity (Wildman–Crippen MR) is 124 cm³/mol. The van der Waals surface area contributed by atoms with Gasteiger partial charge in [-0.25, -0.2) is 4.98 Å². The molecular weight excluding hydrogens is 420 g/mol. The van der Waals surface area contributed by atoms with Crippen LogP contribution in [0, 0.1) is 0 Å². The van der Waals surface area contributed by atoms with E-state index in [0.717, 1.165) is 33.3 Å². The van der Waals surface area contributed by atoms with Crippen LogP contribution in [0.5, 0.6) is 0 Å². The van der Waals surface area contributed by atoms with Gasteiger partial charge in [-0.15, -0.1) is 11.8 Å². The van der Waals surface area contributed by atoms with Crippen LogP contribution in [0.1, 0.15) is 12.8 Å². The Kier molecular flexibility index (Phi) is 5.04. The third-order valence-corrected chi connectivity index (χ3v) is 7.26. The number of thiazole rings is 1. The summed E-state index contributed by atoms with van der Waals surface area (Å²) in [4.78, 5) is 19.4. The normalized spacial score (nSPS) is 11.6. The fraction of sp³-hybridized carbons (Fsp3) is 0.130. The van der Waals surface area contributed by atoms with Gasteiger partial charge in [-0.05, 0) is 47.2 Å². The minimum atomic E-state index is 0.0145. The van der Waals surface area contributed by atoms with E-state index >= 15 is 0 Å². The van der Waals surface area contributed by atoms with Gasteiger partial charge in [0, 0.05) is 27.5 Å². The van der Waals surface area contributed by atoms with E-state index in [1.165, 1.54) is 21.2 Å². The number of amides is 1. The van der Waals surface area contributed by atoms with Crippen LogP contribution in [0.4, 0.5) is 5.13 Å². The third-order valence-electron chi connectivity index (χ3n) is 4.91. The number of carbonyl (C=O) groups excluding carboxylic acids is 1. The van der Waals surface area contributed by atoms with E-state index in [4.69, 9.17) is 16.6 Å². The van der Waals surface area contributed by atoms with Gasteiger partial charge in [0.2, 0.25) is 5.91 Å². The van der Waals surface area contributed by atoms with Gasteiger partial charge in [-0.1, -0.05) is 59.3 Å². The van der Waals surface area contributed by atoms with Crippen molar-refractivity contribution < 1.29 is 4.79 Å². The molecule has 144 valence electrons. The van der Waals surface area contributed by atoms with Gasteiger partial charge in [-0.2, -0.15) is 0 Å². The second-order valence-electron chi connectivity index (χ2n) is 6.86. The second kappa shape index (κ2) is 7.82. The molecule has 0 radical (unpaired) electrons. The Hall–Kier alpha value is -2.34. The highest BCUT2D eigenvalue weighted by Gasteiger charge is 2.25. The van der Waals surface area contributed by atoms with Crippen molar-refractivity contribution in [2.24, 2.45) is 0 Å². The summed E-state index contributed by atoms with van der Waals surface area (Å²) in [6, 6.07) is 20.4. The van der Waals surface area contributed by atoms with Crippen molar-refractivity contribution >= 4 is 56.5 Å². The molecule has 0 saturated carbocycles. The lowest BCUT2D eigenvalue weighted by Gasteiger charge is -2.04. The van der Waals surface area contributed by atoms with E-state index in [2.05, 4.69) is 41.7 Å². The summed E-state index contributed by atoms with van der Waals surface area (Å²) < 4.78 is 0. The first-order chi connectivity index (χ1) is 14.2. The smallest absolute Gasteiger partial charge is 0.226 e. The van der Waals surface area contributed by atoms with Crippen molar-refractivity contribution in [1.82, 2.24) is 4.98 Å². The maximum Gasteiger partial charge on any atom is 0.226 e. The Balaban J connectivity index is 1.21. The highest BCUT2D eigenvalue weighted by Crippen LogP contribution is 2.50. The number of benzene rings is 3. The van der Waals surface area contributed by atoms with Crippen molar-refractivity contribution in [2.45, 2.75) is 17.7 Å². The van der Waals surface area contributed by atoms with Crippen LogP contribution in [0.25, 0.3) is 32.5 Å². The first-order valence-corrected chi connectivity index (χ1v) is 11.6. The average Bonchev–Trinajstić information content (AvgIpc) is 3.26. The highest BCUT2D eigenvalue weighted by atomic mass is 35.5. The van der Waals surface area contributed by atoms with Crippen molar-refractivity contribution in [3.63, 3.8) is 0 Å². The van der Waals surface area contributed by atoms with E-state index < -0.39 is 0 Å². The molecule has 1 aliphatic carbocycles. The SMILES string of the molecule is O=C(CCCSc1ccc(Cl)cc1)Nc1nc2c(s1)-c1cccc3cccc-2c13. The Morgan fingerprint density at radius 2 is 1.79 bits per heavy atom. The molecule has 0 unspecified atom stereocenters. The molecule has 0 fully saturated rings. The van der Waals surface area contributed by atoms with Gasteiger partial charge < -0.3 is 5.32 Å². The number of anilines is 1. The number of aromatic nitrogens is 1. The molecule has 5 rings (SSSR count). The summed E-state index contributed by atoms with van der Waals surface area (Å²) in [6.45, 7) is 0. The fourth-order valence-electron chi connectivity index (χ4n) is 3.60. The minimum Gasteiger partial charge on any atom is -0.302 e. The molecule has 1 aromatic heterocycles. The molecule has 3 nitrogen and oxygen atoms in total. The van der Waals surface area contributed by atoms with Gasteiger partial charge in [0.05, 0.1) is 10.6 Å². The van der Waals surface area contributed by atoms with Crippen LogP contribution < -0.4 is 5.32 Å². The predicted octanol–water partition coefficient (Wildman–Crippen LogP) is 7.11. The summed E-state index contributed by atoms with van der Waals surface area (Å²) in [6.07, 6.45) is 1.30. The van der Waals surface area contributed by atoms with Crippen LogP contribution in [-0.4, -0.2) is 16.6 Å². The van der Waals surface area contributed by atoms with Crippen LogP contribution in [0.3, 0.4) is 0 Å². The second-order valence-corrected chi connectivity index (χ2v) is 9.46. The van der Waals surface area contributed by atoms with Gasteiger partial charge in [-0.3, -0.25) is 4.79 Å². The zero-order valence-corrected chi connectivity index (χ0v) is 17.8. The van der Waals surface area contributed by atoms with Crippen molar-refractivity contribution in [3.8, 4) is 21.7 Å². The number of thioether (sulfide) groups is 1. The number of halogens is 1. The first-order valence-electron chi connectivity index (χ1n) is 9.40. The highest BCUT2D eigenvalue weighted by molar-refractivity contribution is 7.99. The van der Waals surface area contributed by atoms with Crippen molar-refractivity contribution in [1.29, 1.82) is 0 Å². The molecule has 4 aromatic rings. The summed E-state index contributed by atoms with van der Waals surface area (Å²) >= 11 is 9.19. The molecule has 3 aromatic carbocycles. The molecule has 0 atom stereocenters. The number of fused-ring (bicyclic) bond motifs is 3. The number of rotatable bonds is 6. The lowest BCUT2D eigenvalue weighted by Crippen LogP contribution is -2.11. The molecule has 0 saturated heterocycles. The Morgan fingerprint density at radius 1 is 1.03 bits per heavy atom. The average molecular weight is 437 g/mol. The molecular formula is C23H17ClN2OS2. The van der Waals surface area contributed by atoms with Crippen LogP contribution >= 0.6 is 34.7 Å². The molecule has 1 aliphatic rings. The van der Waals surface area contributed by atoms with Gasteiger partial charge in [0.15, 0.2) is 5.13 Å². The topological polar surface area (TPSA) is 42.0 Å². The molecule has 0 spiro atoms. The number of nitrogens with one attached hydrogen (secondary N) is 1. The van der Waals surface area contributed by atoms with Gasteiger partial charge >= 0.3 is 0 Å². The molecule has 6 heteroatoms. The van der Waals surface area contributed by atoms with Gasteiger partial charge in [0.1, 0.15) is 0 Å². The zero-order chi connectivity index (χ0) is 19.8. The first kappa shape index (κ1) is 18.7. The monoisotopic (exact) mass is 436 g/mol. The molecule has 0 bridgehead atoms. The number of hydrogen-bond acceptors (Lipinski definition) is 4. The molecule has 1 amide bonds. The van der Waals surface area contributed by atoms with Crippen LogP contribution in [0.15, 0.2) is 65.6 Å². The van der Waals surface area contributed by atoms with Crippen molar-refractivity contribution in [3.05, 3.63) is 65.7 Å². The number of carbonyl (C=O) groups is 1. The summed E-state index contributed by atoms with van der Waals surface area (Å²) in [7, 11) is 0. The standard InChI is InChI=1S/C23H17ClN2OS2/c24-15-9-11-16(12-10-15)28-13-3-8-19(27)25-23-26-21-17-6-1-4-14-5-2-7-18(20(14)17)22(21)29-23/h1-2,4-7,9-12H,3,8,13H2,(H,25,26,27). The zero-order valence-electron chi connectivity index (χ0n) is 15.4. The third kappa shape index (κ3) is 3.66. The van der Waals surface area contributed by atoms with E-state index in [1.54, 1.807) is 23.1 Å². The molecule has 0 aliphatic heterocycles. The van der Waals surface area contributed by atoms with E-state index in [9.17, 15) is 4.79 Å². The Bertz CT molecular complexity index is 1160. The largest absolute Gasteiger partial charge is 0.302 e. The Morgan fingerprint density at radius 3 is 2.59 bits per heavy atom. The summed E-state index contributed by atoms with van der Waals surface area (Å²) in [5.74, 6) is 0.902. The Labute approximate surface area is 182 Å². The van der Waals surface area contributed by atoms with Crippen molar-refractivity contribution in [2.75, 3.05) is 11.1 Å². The maximum absolute atomic E-state index is 12.4. The summed E-state index contributed by atoms with van der Waals surface area (Å²) in [5, 5.41) is 6.89. The maximum atomic E-state index is 12.4. The quantitative estimate of drug-likeness (QED) is 0.228. The number of nitrogens with zero attached hydrogens (tertiary/aromatic N) is 1. The van der Waals surface area contributed by atoms with Crippen LogP contribution in [0.2, 0.25) is 5.02 Å². The minimum absolute atomic E-state index is 0.0145. The fourth-order valence-corrected chi connectivity index (χ4v) is 5.61. The molecule has 1 heterocycles. The van der Waals surface area contributed by atoms with E-state index in [1.807, 2.05) is 24.3 Å². The molecule has 29 heavy (non-hydrogen) atoms. The lowest BCUT2D eigenvalue weighted by molar-refractivity contribution is -0.116. The van der Waals surface area contributed by atoms with Gasteiger partial charge in [0.25, 0.3) is 0 Å².